The highest BCUT2D eigenvalue weighted by atomic mass is 35.5. The summed E-state index contributed by atoms with van der Waals surface area (Å²) in [5.74, 6) is -0.443. The predicted octanol–water partition coefficient (Wildman–Crippen LogP) is -0.762. The number of nitrogens with two attached hydrogens (primary N) is 2. The molecule has 0 aliphatic heterocycles. The third-order valence-corrected chi connectivity index (χ3v) is 1.81. The van der Waals surface area contributed by atoms with Crippen LogP contribution in [0.4, 0.5) is 0 Å². The van der Waals surface area contributed by atoms with Gasteiger partial charge in [0.25, 0.3) is 0 Å². The van der Waals surface area contributed by atoms with Crippen LogP contribution in [0.15, 0.2) is 0 Å². The summed E-state index contributed by atoms with van der Waals surface area (Å²) in [7, 11) is 0. The molecule has 0 spiro atoms. The first-order valence-corrected chi connectivity index (χ1v) is 6.38. The number of carbonyl (C=O) groups is 2. The zero-order valence-corrected chi connectivity index (χ0v) is 10.7. The summed E-state index contributed by atoms with van der Waals surface area (Å²) in [6.07, 6.45) is 2.32. The molecule has 0 fully saturated rings. The van der Waals surface area contributed by atoms with Crippen LogP contribution in [0.3, 0.4) is 0 Å². The molecule has 102 valence electrons. The molecule has 2 atom stereocenters. The maximum Gasteiger partial charge on any atom is 0.324 e. The van der Waals surface area contributed by atoms with E-state index in [1.807, 2.05) is 0 Å². The van der Waals surface area contributed by atoms with Crippen molar-refractivity contribution in [2.75, 3.05) is 12.6 Å². The number of carbonyl (C=O) groups excluding carboxylic acids is 2. The van der Waals surface area contributed by atoms with Crippen molar-refractivity contribution in [3.05, 3.63) is 0 Å². The molecule has 7 nitrogen and oxygen atoms in total. The van der Waals surface area contributed by atoms with Gasteiger partial charge in [0.2, 0.25) is 0 Å². The van der Waals surface area contributed by atoms with Crippen molar-refractivity contribution in [1.29, 1.82) is 0 Å². The van der Waals surface area contributed by atoms with E-state index in [9.17, 15) is 4.79 Å². The molecule has 0 heterocycles. The van der Waals surface area contributed by atoms with Crippen LogP contribution in [0, 0.1) is 0 Å². The predicted molar refractivity (Wildman–Crippen MR) is 63.4 cm³/mol. The summed E-state index contributed by atoms with van der Waals surface area (Å²) < 4.78 is 22.5. The number of esters is 1. The van der Waals surface area contributed by atoms with E-state index in [0.717, 1.165) is 12.8 Å². The second kappa shape index (κ2) is 13.5. The molecule has 0 bridgehead atoms. The van der Waals surface area contributed by atoms with Crippen LogP contribution < -0.4 is 11.5 Å². The Kier molecular flexibility index (Phi) is 15.0. The van der Waals surface area contributed by atoms with Crippen LogP contribution in [-0.2, 0) is 25.4 Å². The van der Waals surface area contributed by atoms with Gasteiger partial charge in [-0.2, -0.15) is 0 Å². The van der Waals surface area contributed by atoms with Crippen molar-refractivity contribution in [2.24, 2.45) is 11.5 Å². The Morgan fingerprint density at radius 1 is 1.53 bits per heavy atom. The molecule has 4 N–H and O–H groups in total. The summed E-state index contributed by atoms with van der Waals surface area (Å²) in [5, 5.41) is 0. The first-order valence-electron chi connectivity index (χ1n) is 4.71. The molecule has 0 saturated carbocycles. The number of alkyl halides is 1. The largest absolute Gasteiger partial charge is 0.766 e. The molecule has 0 aliphatic rings. The highest BCUT2D eigenvalue weighted by Crippen LogP contribution is 2.00. The highest BCUT2D eigenvalue weighted by molar-refractivity contribution is 7.93. The highest BCUT2D eigenvalue weighted by Gasteiger charge is 2.13. The third-order valence-electron chi connectivity index (χ3n) is 1.55. The Bertz CT molecular complexity index is 242. The summed E-state index contributed by atoms with van der Waals surface area (Å²) in [5.41, 5.74) is 10.6. The lowest BCUT2D eigenvalue weighted by atomic mass is 10.1. The lowest BCUT2D eigenvalue weighted by Crippen LogP contribution is -2.32. The third kappa shape index (κ3) is 15.5. The number of rotatable bonds is 7. The monoisotopic (exact) mass is 287 g/mol. The van der Waals surface area contributed by atoms with Crippen molar-refractivity contribution >= 4 is 34.3 Å². The van der Waals surface area contributed by atoms with Crippen LogP contribution in [0.5, 0.6) is 0 Å². The van der Waals surface area contributed by atoms with Gasteiger partial charge in [-0.3, -0.25) is 13.8 Å². The van der Waals surface area contributed by atoms with Crippen LogP contribution in [0.2, 0.25) is 0 Å². The molecule has 0 saturated heterocycles. The molecule has 0 aromatic carbocycles. The number of ether oxygens (including phenoxy) is 1. The first kappa shape index (κ1) is 18.8. The summed E-state index contributed by atoms with van der Waals surface area (Å²) in [6, 6.07) is -0.695. The molecule has 0 aliphatic carbocycles. The van der Waals surface area contributed by atoms with E-state index in [2.05, 4.69) is 4.74 Å². The van der Waals surface area contributed by atoms with E-state index >= 15 is 0 Å². The van der Waals surface area contributed by atoms with Crippen molar-refractivity contribution in [3.8, 4) is 0 Å². The van der Waals surface area contributed by atoms with Gasteiger partial charge in [-0.1, -0.05) is 18.0 Å². The maximum atomic E-state index is 10.9. The average Bonchev–Trinajstić information content (AvgIpc) is 2.30. The lowest BCUT2D eigenvalue weighted by molar-refractivity contribution is -0.143. The molecule has 0 amide bonds. The Labute approximate surface area is 107 Å². The number of hydrogen-bond acceptors (Lipinski definition) is 7. The maximum absolute atomic E-state index is 10.9. The normalized spacial score (nSPS) is 12.9. The topological polar surface area (TPSA) is 136 Å². The number of halogens is 1. The molecule has 0 radical (unpaired) electrons. The van der Waals surface area contributed by atoms with Gasteiger partial charge in [-0.05, 0) is 19.4 Å². The lowest BCUT2D eigenvalue weighted by Gasteiger charge is -2.08. The van der Waals surface area contributed by atoms with E-state index in [1.165, 1.54) is 0 Å². The summed E-state index contributed by atoms with van der Waals surface area (Å²) in [4.78, 5) is 19.8. The SMILES string of the molecule is NCCCC[C@H](N)C(=O)OCCl.O=CS(=O)[O-]. The smallest absolute Gasteiger partial charge is 0.324 e. The second-order valence-corrected chi connectivity index (χ2v) is 3.75. The molecule has 0 rings (SSSR count). The minimum absolute atomic E-state index is 0.135. The fourth-order valence-corrected chi connectivity index (χ4v) is 0.895. The van der Waals surface area contributed by atoms with Crippen LogP contribution in [0.25, 0.3) is 0 Å². The van der Waals surface area contributed by atoms with Crippen LogP contribution >= 0.6 is 11.6 Å². The molecule has 1 unspecified atom stereocenters. The Balaban J connectivity index is 0. The number of unbranched alkanes of at least 4 members (excludes halogenated alkanes) is 1. The van der Waals surface area contributed by atoms with Gasteiger partial charge in [0, 0.05) is 11.1 Å². The van der Waals surface area contributed by atoms with Crippen molar-refractivity contribution in [2.45, 2.75) is 25.3 Å². The Morgan fingerprint density at radius 2 is 2.06 bits per heavy atom. The van der Waals surface area contributed by atoms with E-state index in [4.69, 9.17) is 36.6 Å². The molecular formula is C8H16ClN2O5S-. The number of hydrogen-bond donors (Lipinski definition) is 2. The molecule has 9 heteroatoms. The van der Waals surface area contributed by atoms with E-state index in [0.29, 0.717) is 13.0 Å². The molecule has 0 aromatic rings. The van der Waals surface area contributed by atoms with Crippen LogP contribution in [-0.4, -0.2) is 39.0 Å². The van der Waals surface area contributed by atoms with E-state index < -0.39 is 23.1 Å². The van der Waals surface area contributed by atoms with Gasteiger partial charge in [0.05, 0.1) is 0 Å². The summed E-state index contributed by atoms with van der Waals surface area (Å²) >= 11 is 2.68. The molecule has 0 aromatic heterocycles. The molecule has 17 heavy (non-hydrogen) atoms. The van der Waals surface area contributed by atoms with Gasteiger partial charge in [-0.25, -0.2) is 0 Å². The van der Waals surface area contributed by atoms with Crippen molar-refractivity contribution in [1.82, 2.24) is 0 Å². The average molecular weight is 288 g/mol. The standard InChI is InChI=1S/C7H15ClN2O2.CH2O3S/c8-5-12-7(11)6(10)3-1-2-4-9;2-1-5(3)4/h6H,1-5,9-10H2;1H,(H,3,4)/p-1/t6-;/m0./s1. The van der Waals surface area contributed by atoms with Gasteiger partial charge in [0.15, 0.2) is 11.7 Å². The quantitative estimate of drug-likeness (QED) is 0.206. The van der Waals surface area contributed by atoms with E-state index in [1.54, 1.807) is 0 Å². The Hall–Kier alpha value is -0.540. The zero-order chi connectivity index (χ0) is 13.7. The fraction of sp³-hybridized carbons (Fsp3) is 0.750. The fourth-order valence-electron chi connectivity index (χ4n) is 0.787. The van der Waals surface area contributed by atoms with Crippen molar-refractivity contribution < 1.29 is 23.1 Å². The minimum atomic E-state index is -2.50. The zero-order valence-electron chi connectivity index (χ0n) is 9.17. The van der Waals surface area contributed by atoms with Gasteiger partial charge in [-0.15, -0.1) is 0 Å². The summed E-state index contributed by atoms with van der Waals surface area (Å²) in [6.45, 7) is 0.622. The first-order chi connectivity index (χ1) is 7.99. The van der Waals surface area contributed by atoms with Gasteiger partial charge in [0.1, 0.15) is 6.04 Å². The van der Waals surface area contributed by atoms with E-state index in [-0.39, 0.29) is 11.7 Å². The van der Waals surface area contributed by atoms with Gasteiger partial charge < -0.3 is 20.8 Å². The van der Waals surface area contributed by atoms with Crippen LogP contribution in [0.1, 0.15) is 19.3 Å². The second-order valence-electron chi connectivity index (χ2n) is 2.82. The van der Waals surface area contributed by atoms with Gasteiger partial charge >= 0.3 is 5.97 Å². The van der Waals surface area contributed by atoms with Crippen molar-refractivity contribution in [3.63, 3.8) is 0 Å². The Morgan fingerprint density at radius 3 is 2.41 bits per heavy atom. The molecular weight excluding hydrogens is 272 g/mol. The minimum Gasteiger partial charge on any atom is -0.766 e.